The highest BCUT2D eigenvalue weighted by atomic mass is 16.5. The third-order valence-corrected chi connectivity index (χ3v) is 5.16. The van der Waals surface area contributed by atoms with Gasteiger partial charge in [0, 0.05) is 32.1 Å². The van der Waals surface area contributed by atoms with Crippen molar-refractivity contribution in [1.82, 2.24) is 20.7 Å². The average molecular weight is 364 g/mol. The Morgan fingerprint density at radius 2 is 1.88 bits per heavy atom. The van der Waals surface area contributed by atoms with Crippen molar-refractivity contribution < 1.29 is 4.52 Å². The number of guanidine groups is 1. The van der Waals surface area contributed by atoms with E-state index in [0.717, 1.165) is 36.8 Å². The Hall–Kier alpha value is -1.56. The molecule has 1 fully saturated rings. The van der Waals surface area contributed by atoms with Crippen LogP contribution in [0.4, 0.5) is 0 Å². The SMILES string of the molecule is CCc1noc(CC)c1CNC(=NC)NCCCCCN1CCCCC1. The van der Waals surface area contributed by atoms with Gasteiger partial charge in [-0.1, -0.05) is 31.8 Å². The van der Waals surface area contributed by atoms with Crippen molar-refractivity contribution in [2.45, 2.75) is 71.8 Å². The molecule has 0 spiro atoms. The fourth-order valence-corrected chi connectivity index (χ4v) is 3.56. The van der Waals surface area contributed by atoms with Crippen molar-refractivity contribution in [1.29, 1.82) is 0 Å². The Morgan fingerprint density at radius 1 is 1.08 bits per heavy atom. The van der Waals surface area contributed by atoms with Crippen molar-refractivity contribution in [2.24, 2.45) is 4.99 Å². The van der Waals surface area contributed by atoms with E-state index >= 15 is 0 Å². The Balaban J connectivity index is 1.61. The molecule has 1 saturated heterocycles. The molecule has 0 aromatic carbocycles. The van der Waals surface area contributed by atoms with Crippen LogP contribution in [0, 0.1) is 0 Å². The molecule has 6 nitrogen and oxygen atoms in total. The third kappa shape index (κ3) is 6.63. The maximum Gasteiger partial charge on any atom is 0.191 e. The van der Waals surface area contributed by atoms with E-state index in [-0.39, 0.29) is 0 Å². The molecular formula is C20H37N5O. The van der Waals surface area contributed by atoms with Gasteiger partial charge in [0.1, 0.15) is 5.76 Å². The zero-order chi connectivity index (χ0) is 18.6. The molecule has 0 aliphatic carbocycles. The van der Waals surface area contributed by atoms with Crippen molar-refractivity contribution in [3.8, 4) is 0 Å². The van der Waals surface area contributed by atoms with Gasteiger partial charge in [-0.2, -0.15) is 0 Å². The summed E-state index contributed by atoms with van der Waals surface area (Å²) in [5.41, 5.74) is 2.22. The second kappa shape index (κ2) is 11.9. The Labute approximate surface area is 158 Å². The monoisotopic (exact) mass is 363 g/mol. The smallest absolute Gasteiger partial charge is 0.191 e. The van der Waals surface area contributed by atoms with E-state index in [9.17, 15) is 0 Å². The number of aromatic nitrogens is 1. The van der Waals surface area contributed by atoms with Gasteiger partial charge in [0.25, 0.3) is 0 Å². The largest absolute Gasteiger partial charge is 0.361 e. The highest BCUT2D eigenvalue weighted by Gasteiger charge is 2.13. The van der Waals surface area contributed by atoms with Gasteiger partial charge in [0.2, 0.25) is 0 Å². The van der Waals surface area contributed by atoms with Crippen LogP contribution in [0.3, 0.4) is 0 Å². The molecule has 0 saturated carbocycles. The standard InChI is InChI=1S/C20H37N5O/c1-4-18-17(19(5-2)26-24-18)16-23-20(21-3)22-12-8-6-9-13-25-14-10-7-11-15-25/h4-16H2,1-3H3,(H2,21,22,23). The summed E-state index contributed by atoms with van der Waals surface area (Å²) in [6.07, 6.45) is 9.70. The average Bonchev–Trinajstić information content (AvgIpc) is 3.09. The van der Waals surface area contributed by atoms with E-state index in [1.807, 2.05) is 7.05 Å². The lowest BCUT2D eigenvalue weighted by atomic mass is 10.1. The molecule has 148 valence electrons. The summed E-state index contributed by atoms with van der Waals surface area (Å²) in [5.74, 6) is 1.83. The molecule has 1 aromatic heterocycles. The molecule has 0 radical (unpaired) electrons. The molecule has 26 heavy (non-hydrogen) atoms. The molecule has 2 rings (SSSR count). The van der Waals surface area contributed by atoms with E-state index < -0.39 is 0 Å². The van der Waals surface area contributed by atoms with Gasteiger partial charge in [0.05, 0.1) is 5.69 Å². The van der Waals surface area contributed by atoms with E-state index in [2.05, 4.69) is 39.5 Å². The van der Waals surface area contributed by atoms with E-state index in [0.29, 0.717) is 6.54 Å². The number of unbranched alkanes of at least 4 members (excludes halogenated alkanes) is 2. The lowest BCUT2D eigenvalue weighted by Crippen LogP contribution is -2.37. The molecule has 0 unspecified atom stereocenters. The minimum Gasteiger partial charge on any atom is -0.361 e. The van der Waals surface area contributed by atoms with Crippen molar-refractivity contribution in [3.63, 3.8) is 0 Å². The minimum absolute atomic E-state index is 0.713. The number of likely N-dealkylation sites (tertiary alicyclic amines) is 1. The fraction of sp³-hybridized carbons (Fsp3) is 0.800. The molecule has 1 aromatic rings. The second-order valence-corrected chi connectivity index (χ2v) is 7.05. The van der Waals surface area contributed by atoms with Crippen LogP contribution in [-0.4, -0.2) is 49.2 Å². The molecular weight excluding hydrogens is 326 g/mol. The highest BCUT2D eigenvalue weighted by Crippen LogP contribution is 2.15. The van der Waals surface area contributed by atoms with Crippen LogP contribution in [0.25, 0.3) is 0 Å². The summed E-state index contributed by atoms with van der Waals surface area (Å²) in [6.45, 7) is 9.75. The van der Waals surface area contributed by atoms with E-state index in [1.165, 1.54) is 63.7 Å². The molecule has 0 atom stereocenters. The van der Waals surface area contributed by atoms with Crippen LogP contribution in [-0.2, 0) is 19.4 Å². The first-order valence-electron chi connectivity index (χ1n) is 10.4. The molecule has 1 aliphatic rings. The summed E-state index contributed by atoms with van der Waals surface area (Å²) >= 11 is 0. The van der Waals surface area contributed by atoms with Gasteiger partial charge in [-0.05, 0) is 51.7 Å². The molecule has 2 N–H and O–H groups in total. The second-order valence-electron chi connectivity index (χ2n) is 7.05. The third-order valence-electron chi connectivity index (χ3n) is 5.16. The Morgan fingerprint density at radius 3 is 2.58 bits per heavy atom. The number of aliphatic imine (C=N–C) groups is 1. The van der Waals surface area contributed by atoms with Gasteiger partial charge in [0.15, 0.2) is 5.96 Å². The first-order valence-corrected chi connectivity index (χ1v) is 10.4. The van der Waals surface area contributed by atoms with Crippen LogP contribution in [0.15, 0.2) is 9.52 Å². The van der Waals surface area contributed by atoms with E-state index in [1.54, 1.807) is 0 Å². The summed E-state index contributed by atoms with van der Waals surface area (Å²) in [5, 5.41) is 11.0. The van der Waals surface area contributed by atoms with Crippen LogP contribution < -0.4 is 10.6 Å². The minimum atomic E-state index is 0.713. The molecule has 0 bridgehead atoms. The number of hydrogen-bond acceptors (Lipinski definition) is 4. The van der Waals surface area contributed by atoms with Crippen LogP contribution >= 0.6 is 0 Å². The van der Waals surface area contributed by atoms with Crippen molar-refractivity contribution >= 4 is 5.96 Å². The lowest BCUT2D eigenvalue weighted by Gasteiger charge is -2.26. The Kier molecular flexibility index (Phi) is 9.53. The quantitative estimate of drug-likeness (QED) is 0.380. The number of nitrogens with one attached hydrogen (secondary N) is 2. The van der Waals surface area contributed by atoms with E-state index in [4.69, 9.17) is 4.52 Å². The normalized spacial score (nSPS) is 16.0. The zero-order valence-corrected chi connectivity index (χ0v) is 16.9. The molecule has 1 aliphatic heterocycles. The van der Waals surface area contributed by atoms with Crippen molar-refractivity contribution in [3.05, 3.63) is 17.0 Å². The van der Waals surface area contributed by atoms with Crippen LogP contribution in [0.5, 0.6) is 0 Å². The van der Waals surface area contributed by atoms with Gasteiger partial charge < -0.3 is 20.1 Å². The summed E-state index contributed by atoms with van der Waals surface area (Å²) in [4.78, 5) is 6.94. The summed E-state index contributed by atoms with van der Waals surface area (Å²) < 4.78 is 5.42. The molecule has 6 heteroatoms. The first kappa shape index (κ1) is 20.7. The first-order chi connectivity index (χ1) is 12.8. The number of rotatable bonds is 10. The summed E-state index contributed by atoms with van der Waals surface area (Å²) in [6, 6.07) is 0. The molecule has 2 heterocycles. The van der Waals surface area contributed by atoms with Crippen LogP contribution in [0.2, 0.25) is 0 Å². The number of aryl methyl sites for hydroxylation is 2. The van der Waals surface area contributed by atoms with Crippen molar-refractivity contribution in [2.75, 3.05) is 33.2 Å². The molecule has 0 amide bonds. The predicted molar refractivity (Wildman–Crippen MR) is 108 cm³/mol. The lowest BCUT2D eigenvalue weighted by molar-refractivity contribution is 0.224. The maximum absolute atomic E-state index is 5.42. The fourth-order valence-electron chi connectivity index (χ4n) is 3.56. The topological polar surface area (TPSA) is 65.7 Å². The Bertz CT molecular complexity index is 513. The number of piperidine rings is 1. The highest BCUT2D eigenvalue weighted by molar-refractivity contribution is 5.79. The number of nitrogens with zero attached hydrogens (tertiary/aromatic N) is 3. The van der Waals surface area contributed by atoms with Crippen LogP contribution in [0.1, 0.15) is 69.4 Å². The predicted octanol–water partition coefficient (Wildman–Crippen LogP) is 3.12. The van der Waals surface area contributed by atoms with Gasteiger partial charge in [-0.15, -0.1) is 0 Å². The summed E-state index contributed by atoms with van der Waals surface area (Å²) in [7, 11) is 1.82. The van der Waals surface area contributed by atoms with Gasteiger partial charge >= 0.3 is 0 Å². The van der Waals surface area contributed by atoms with Gasteiger partial charge in [-0.3, -0.25) is 4.99 Å². The zero-order valence-electron chi connectivity index (χ0n) is 16.9. The van der Waals surface area contributed by atoms with Gasteiger partial charge in [-0.25, -0.2) is 0 Å². The maximum atomic E-state index is 5.42. The number of hydrogen-bond donors (Lipinski definition) is 2.